The van der Waals surface area contributed by atoms with E-state index in [1.807, 2.05) is 30.3 Å². The maximum Gasteiger partial charge on any atom is 0.149 e. The average Bonchev–Trinajstić information content (AvgIpc) is 2.78. The lowest BCUT2D eigenvalue weighted by atomic mass is 10.2. The highest BCUT2D eigenvalue weighted by Crippen LogP contribution is 2.23. The minimum Gasteiger partial charge on any atom is -0.497 e. The van der Waals surface area contributed by atoms with Crippen LogP contribution in [0.25, 0.3) is 11.3 Å². The fourth-order valence-corrected chi connectivity index (χ4v) is 1.39. The zero-order valence-corrected chi connectivity index (χ0v) is 8.75. The molecule has 2 rings (SSSR count). The Morgan fingerprint density at radius 3 is 2.56 bits per heavy atom. The van der Waals surface area contributed by atoms with Crippen molar-refractivity contribution >= 4 is 6.21 Å². The molecule has 0 radical (unpaired) electrons. The molecule has 0 aliphatic heterocycles. The summed E-state index contributed by atoms with van der Waals surface area (Å²) in [5, 5.41) is 11.3. The maximum absolute atomic E-state index is 8.36. The van der Waals surface area contributed by atoms with Gasteiger partial charge in [-0.1, -0.05) is 5.16 Å². The molecule has 1 aromatic carbocycles. The van der Waals surface area contributed by atoms with Crippen LogP contribution in [0, 0.1) is 0 Å². The number of furan rings is 1. The van der Waals surface area contributed by atoms with Crippen LogP contribution in [0.2, 0.25) is 0 Å². The van der Waals surface area contributed by atoms with E-state index in [1.165, 1.54) is 6.21 Å². The molecule has 0 atom stereocenters. The fraction of sp³-hybridized carbons (Fsp3) is 0.0833. The standard InChI is InChI=1S/C12H11NO3/c1-15-10-4-2-9(3-5-10)12-7-6-11(16-12)8-13-14/h2-8,14H,1H3/b13-8+. The molecule has 82 valence electrons. The van der Waals surface area contributed by atoms with Crippen LogP contribution >= 0.6 is 0 Å². The molecule has 4 heteroatoms. The predicted octanol–water partition coefficient (Wildman–Crippen LogP) is 2.76. The zero-order valence-electron chi connectivity index (χ0n) is 8.75. The summed E-state index contributed by atoms with van der Waals surface area (Å²) in [6, 6.07) is 11.1. The van der Waals surface area contributed by atoms with Gasteiger partial charge in [-0.3, -0.25) is 0 Å². The van der Waals surface area contributed by atoms with Crippen LogP contribution in [0.3, 0.4) is 0 Å². The smallest absolute Gasteiger partial charge is 0.149 e. The highest BCUT2D eigenvalue weighted by Gasteiger charge is 2.03. The van der Waals surface area contributed by atoms with Gasteiger partial charge in [0.05, 0.1) is 7.11 Å². The van der Waals surface area contributed by atoms with Crippen molar-refractivity contribution in [2.24, 2.45) is 5.16 Å². The van der Waals surface area contributed by atoms with Crippen molar-refractivity contribution in [3.8, 4) is 17.1 Å². The van der Waals surface area contributed by atoms with Gasteiger partial charge < -0.3 is 14.4 Å². The number of nitrogens with zero attached hydrogens (tertiary/aromatic N) is 1. The van der Waals surface area contributed by atoms with Crippen molar-refractivity contribution in [1.82, 2.24) is 0 Å². The second-order valence-electron chi connectivity index (χ2n) is 3.18. The van der Waals surface area contributed by atoms with Crippen LogP contribution < -0.4 is 4.74 Å². The Kier molecular flexibility index (Phi) is 2.91. The molecule has 0 saturated heterocycles. The van der Waals surface area contributed by atoms with Gasteiger partial charge in [-0.05, 0) is 36.4 Å². The maximum atomic E-state index is 8.36. The van der Waals surface area contributed by atoms with Crippen LogP contribution in [0.1, 0.15) is 5.76 Å². The summed E-state index contributed by atoms with van der Waals surface area (Å²) in [6.45, 7) is 0. The first-order valence-electron chi connectivity index (χ1n) is 4.75. The van der Waals surface area contributed by atoms with E-state index in [-0.39, 0.29) is 0 Å². The number of methoxy groups -OCH3 is 1. The number of rotatable bonds is 3. The normalized spacial score (nSPS) is 10.8. The second-order valence-corrected chi connectivity index (χ2v) is 3.18. The molecule has 0 amide bonds. The molecule has 0 aliphatic rings. The van der Waals surface area contributed by atoms with E-state index in [2.05, 4.69) is 5.16 Å². The van der Waals surface area contributed by atoms with Crippen LogP contribution in [0.4, 0.5) is 0 Å². The molecule has 0 aliphatic carbocycles. The molecule has 0 unspecified atom stereocenters. The molecule has 0 bridgehead atoms. The third-order valence-corrected chi connectivity index (χ3v) is 2.19. The minimum atomic E-state index is 0.508. The van der Waals surface area contributed by atoms with Gasteiger partial charge in [-0.2, -0.15) is 0 Å². The number of hydrogen-bond acceptors (Lipinski definition) is 4. The van der Waals surface area contributed by atoms with E-state index in [0.29, 0.717) is 5.76 Å². The van der Waals surface area contributed by atoms with E-state index in [4.69, 9.17) is 14.4 Å². The second kappa shape index (κ2) is 4.53. The number of benzene rings is 1. The summed E-state index contributed by atoms with van der Waals surface area (Å²) in [6.07, 6.45) is 1.24. The monoisotopic (exact) mass is 217 g/mol. The van der Waals surface area contributed by atoms with Crippen molar-refractivity contribution in [2.45, 2.75) is 0 Å². The van der Waals surface area contributed by atoms with Crippen molar-refractivity contribution < 1.29 is 14.4 Å². The Labute approximate surface area is 92.8 Å². The Hall–Kier alpha value is -2.23. The quantitative estimate of drug-likeness (QED) is 0.488. The van der Waals surface area contributed by atoms with E-state index in [0.717, 1.165) is 17.1 Å². The largest absolute Gasteiger partial charge is 0.497 e. The molecule has 0 saturated carbocycles. The first-order valence-corrected chi connectivity index (χ1v) is 4.75. The third-order valence-electron chi connectivity index (χ3n) is 2.19. The van der Waals surface area contributed by atoms with Gasteiger partial charge in [-0.15, -0.1) is 0 Å². The first-order chi connectivity index (χ1) is 7.83. The summed E-state index contributed by atoms with van der Waals surface area (Å²) in [4.78, 5) is 0. The third kappa shape index (κ3) is 2.06. The SMILES string of the molecule is COc1ccc(-c2ccc(/C=N/O)o2)cc1. The molecule has 2 aromatic rings. The molecule has 0 fully saturated rings. The summed E-state index contributed by atoms with van der Waals surface area (Å²) < 4.78 is 10.5. The molecule has 0 spiro atoms. The molecular formula is C12H11NO3. The Bertz CT molecular complexity index is 485. The van der Waals surface area contributed by atoms with E-state index >= 15 is 0 Å². The number of ether oxygens (including phenoxy) is 1. The van der Waals surface area contributed by atoms with E-state index in [9.17, 15) is 0 Å². The van der Waals surface area contributed by atoms with Crippen LogP contribution in [-0.4, -0.2) is 18.5 Å². The Balaban J connectivity index is 2.27. The molecule has 1 heterocycles. The Morgan fingerprint density at radius 1 is 1.19 bits per heavy atom. The topological polar surface area (TPSA) is 55.0 Å². The number of hydrogen-bond donors (Lipinski definition) is 1. The molecule has 16 heavy (non-hydrogen) atoms. The van der Waals surface area contributed by atoms with Gasteiger partial charge in [-0.25, -0.2) is 0 Å². The zero-order chi connectivity index (χ0) is 11.4. The van der Waals surface area contributed by atoms with Gasteiger partial charge in [0.1, 0.15) is 23.5 Å². The van der Waals surface area contributed by atoms with Gasteiger partial charge >= 0.3 is 0 Å². The minimum absolute atomic E-state index is 0.508. The summed E-state index contributed by atoms with van der Waals surface area (Å²) >= 11 is 0. The van der Waals surface area contributed by atoms with E-state index in [1.54, 1.807) is 13.2 Å². The highest BCUT2D eigenvalue weighted by molar-refractivity contribution is 5.76. The fourth-order valence-electron chi connectivity index (χ4n) is 1.39. The highest BCUT2D eigenvalue weighted by atomic mass is 16.5. The van der Waals surface area contributed by atoms with Crippen LogP contribution in [-0.2, 0) is 0 Å². The summed E-state index contributed by atoms with van der Waals surface area (Å²) in [5.74, 6) is 2.03. The molecule has 1 N–H and O–H groups in total. The van der Waals surface area contributed by atoms with Gasteiger partial charge in [0.2, 0.25) is 0 Å². The van der Waals surface area contributed by atoms with Crippen molar-refractivity contribution in [3.63, 3.8) is 0 Å². The molecule has 4 nitrogen and oxygen atoms in total. The van der Waals surface area contributed by atoms with Gasteiger partial charge in [0.15, 0.2) is 0 Å². The summed E-state index contributed by atoms with van der Waals surface area (Å²) in [5.41, 5.74) is 0.943. The lowest BCUT2D eigenvalue weighted by Gasteiger charge is -2.00. The van der Waals surface area contributed by atoms with Crippen LogP contribution in [0.15, 0.2) is 46.0 Å². The predicted molar refractivity (Wildman–Crippen MR) is 60.1 cm³/mol. The lowest BCUT2D eigenvalue weighted by molar-refractivity contribution is 0.321. The van der Waals surface area contributed by atoms with Crippen molar-refractivity contribution in [3.05, 3.63) is 42.2 Å². The van der Waals surface area contributed by atoms with Gasteiger partial charge in [0, 0.05) is 5.56 Å². The summed E-state index contributed by atoms with van der Waals surface area (Å²) in [7, 11) is 1.62. The first kappa shape index (κ1) is 10.3. The van der Waals surface area contributed by atoms with Gasteiger partial charge in [0.25, 0.3) is 0 Å². The van der Waals surface area contributed by atoms with E-state index < -0.39 is 0 Å². The lowest BCUT2D eigenvalue weighted by Crippen LogP contribution is -1.81. The average molecular weight is 217 g/mol. The number of oxime groups is 1. The molecule has 1 aromatic heterocycles. The van der Waals surface area contributed by atoms with Crippen LogP contribution in [0.5, 0.6) is 5.75 Å². The van der Waals surface area contributed by atoms with Crippen molar-refractivity contribution in [1.29, 1.82) is 0 Å². The van der Waals surface area contributed by atoms with Crippen molar-refractivity contribution in [2.75, 3.05) is 7.11 Å². The molecular weight excluding hydrogens is 206 g/mol. The Morgan fingerprint density at radius 2 is 1.94 bits per heavy atom.